The van der Waals surface area contributed by atoms with Gasteiger partial charge < -0.3 is 13.9 Å². The molecule has 8 nitrogen and oxygen atoms in total. The third-order valence-electron chi connectivity index (χ3n) is 4.68. The number of hydrogen-bond donors (Lipinski definition) is 1. The van der Waals surface area contributed by atoms with Crippen molar-refractivity contribution in [3.8, 4) is 45.8 Å². The summed E-state index contributed by atoms with van der Waals surface area (Å²) in [5.74, 6) is 0.319. The molecule has 0 radical (unpaired) electrons. The van der Waals surface area contributed by atoms with Crippen LogP contribution in [-0.2, 0) is 0 Å². The summed E-state index contributed by atoms with van der Waals surface area (Å²) in [6.07, 6.45) is 0. The van der Waals surface area contributed by atoms with Crippen molar-refractivity contribution in [2.75, 3.05) is 0 Å². The molecule has 0 aliphatic carbocycles. The van der Waals surface area contributed by atoms with Crippen LogP contribution in [0.25, 0.3) is 45.8 Å². The molecule has 1 N–H and O–H groups in total. The number of halogens is 1. The van der Waals surface area contributed by atoms with Gasteiger partial charge in [0.05, 0.1) is 5.56 Å². The molecule has 0 unspecified atom stereocenters. The monoisotopic (exact) mass is 444 g/mol. The van der Waals surface area contributed by atoms with Crippen molar-refractivity contribution in [3.05, 3.63) is 83.4 Å². The Labute approximate surface area is 186 Å². The normalized spacial score (nSPS) is 10.9. The van der Waals surface area contributed by atoms with Gasteiger partial charge in [0.2, 0.25) is 23.6 Å². The highest BCUT2D eigenvalue weighted by molar-refractivity contribution is 6.30. The smallest absolute Gasteiger partial charge is 0.335 e. The molecule has 0 spiro atoms. The molecule has 5 aromatic rings. The van der Waals surface area contributed by atoms with Crippen molar-refractivity contribution in [3.63, 3.8) is 0 Å². The lowest BCUT2D eigenvalue weighted by molar-refractivity contribution is 0.0697. The Kier molecular flexibility index (Phi) is 4.97. The van der Waals surface area contributed by atoms with Gasteiger partial charge in [-0.05, 0) is 66.7 Å². The predicted octanol–water partition coefficient (Wildman–Crippen LogP) is 5.47. The molecule has 0 atom stereocenters. The molecule has 2 heterocycles. The van der Waals surface area contributed by atoms with Gasteiger partial charge in [0, 0.05) is 27.3 Å². The first-order chi connectivity index (χ1) is 15.6. The topological polar surface area (TPSA) is 115 Å². The fourth-order valence-electron chi connectivity index (χ4n) is 3.05. The highest BCUT2D eigenvalue weighted by Gasteiger charge is 2.15. The number of aromatic nitrogens is 4. The van der Waals surface area contributed by atoms with E-state index in [4.69, 9.17) is 25.5 Å². The Balaban J connectivity index is 1.41. The van der Waals surface area contributed by atoms with E-state index in [-0.39, 0.29) is 11.5 Å². The molecule has 0 saturated carbocycles. The number of carbonyl (C=O) groups is 1. The molecule has 0 fully saturated rings. The molecule has 0 saturated heterocycles. The van der Waals surface area contributed by atoms with E-state index in [2.05, 4.69) is 20.4 Å². The van der Waals surface area contributed by atoms with Crippen LogP contribution in [-0.4, -0.2) is 31.5 Å². The van der Waals surface area contributed by atoms with Gasteiger partial charge in [0.25, 0.3) is 0 Å². The molecule has 0 bridgehead atoms. The van der Waals surface area contributed by atoms with Crippen LogP contribution in [0.4, 0.5) is 0 Å². The maximum absolute atomic E-state index is 11.0. The van der Waals surface area contributed by atoms with Crippen LogP contribution in [0.3, 0.4) is 0 Å². The second kappa shape index (κ2) is 8.09. The van der Waals surface area contributed by atoms with Gasteiger partial charge in [0.1, 0.15) is 0 Å². The zero-order valence-corrected chi connectivity index (χ0v) is 17.0. The van der Waals surface area contributed by atoms with Gasteiger partial charge in [0.15, 0.2) is 0 Å². The summed E-state index contributed by atoms with van der Waals surface area (Å²) in [6, 6.07) is 20.6. The van der Waals surface area contributed by atoms with Crippen molar-refractivity contribution in [1.82, 2.24) is 20.4 Å². The summed E-state index contributed by atoms with van der Waals surface area (Å²) in [5.41, 5.74) is 2.93. The predicted molar refractivity (Wildman–Crippen MR) is 116 cm³/mol. The number of carboxylic acids is 1. The van der Waals surface area contributed by atoms with Crippen LogP contribution in [0.1, 0.15) is 10.4 Å². The van der Waals surface area contributed by atoms with Crippen molar-refractivity contribution in [2.24, 2.45) is 0 Å². The van der Waals surface area contributed by atoms with Crippen LogP contribution >= 0.6 is 11.6 Å². The average Bonchev–Trinajstić information content (AvgIpc) is 3.50. The Bertz CT molecular complexity index is 1410. The SMILES string of the molecule is O=C(O)c1ccc(-c2nnc(-c3cccc(-c4nnc(-c5ccc(Cl)cc5)o4)c3)o2)cc1. The lowest BCUT2D eigenvalue weighted by Gasteiger charge is -1.99. The van der Waals surface area contributed by atoms with E-state index in [1.54, 1.807) is 36.4 Å². The van der Waals surface area contributed by atoms with Crippen LogP contribution in [0.5, 0.6) is 0 Å². The first kappa shape index (κ1) is 19.7. The molecule has 5 rings (SSSR count). The van der Waals surface area contributed by atoms with Gasteiger partial charge in [-0.25, -0.2) is 4.79 Å². The lowest BCUT2D eigenvalue weighted by atomic mass is 10.1. The molecule has 0 aliphatic rings. The molecule has 9 heteroatoms. The Morgan fingerprint density at radius 3 is 1.56 bits per heavy atom. The minimum absolute atomic E-state index is 0.179. The van der Waals surface area contributed by atoms with Gasteiger partial charge in [-0.15, -0.1) is 20.4 Å². The second-order valence-electron chi connectivity index (χ2n) is 6.79. The van der Waals surface area contributed by atoms with E-state index in [9.17, 15) is 4.79 Å². The van der Waals surface area contributed by atoms with Crippen molar-refractivity contribution in [2.45, 2.75) is 0 Å². The average molecular weight is 445 g/mol. The van der Waals surface area contributed by atoms with E-state index < -0.39 is 5.97 Å². The third-order valence-corrected chi connectivity index (χ3v) is 4.93. The number of nitrogens with zero attached hydrogens (tertiary/aromatic N) is 4. The Morgan fingerprint density at radius 1 is 0.656 bits per heavy atom. The van der Waals surface area contributed by atoms with Crippen molar-refractivity contribution < 1.29 is 18.7 Å². The van der Waals surface area contributed by atoms with E-state index in [0.29, 0.717) is 39.4 Å². The zero-order chi connectivity index (χ0) is 22.1. The van der Waals surface area contributed by atoms with Gasteiger partial charge in [-0.1, -0.05) is 17.7 Å². The fraction of sp³-hybridized carbons (Fsp3) is 0. The second-order valence-corrected chi connectivity index (χ2v) is 7.23. The summed E-state index contributed by atoms with van der Waals surface area (Å²) >= 11 is 5.93. The minimum Gasteiger partial charge on any atom is -0.478 e. The number of rotatable bonds is 5. The standard InChI is InChI=1S/C23H13ClN4O4/c24-18-10-8-14(9-11-18)20-26-28-22(32-20)17-3-1-2-16(12-17)21-27-25-19(31-21)13-4-6-15(7-5-13)23(29)30/h1-12H,(H,29,30). The quantitative estimate of drug-likeness (QED) is 0.379. The number of aromatic carboxylic acids is 1. The summed E-state index contributed by atoms with van der Waals surface area (Å²) in [7, 11) is 0. The molecule has 3 aromatic carbocycles. The van der Waals surface area contributed by atoms with Crippen LogP contribution in [0.15, 0.2) is 81.6 Å². The number of hydrogen-bond acceptors (Lipinski definition) is 7. The van der Waals surface area contributed by atoms with E-state index >= 15 is 0 Å². The molecule has 156 valence electrons. The van der Waals surface area contributed by atoms with Gasteiger partial charge in [-0.2, -0.15) is 0 Å². The molecule has 2 aromatic heterocycles. The summed E-state index contributed by atoms with van der Waals surface area (Å²) < 4.78 is 11.6. The summed E-state index contributed by atoms with van der Waals surface area (Å²) in [6.45, 7) is 0. The minimum atomic E-state index is -1.00. The Morgan fingerprint density at radius 2 is 1.09 bits per heavy atom. The first-order valence-corrected chi connectivity index (χ1v) is 9.82. The largest absolute Gasteiger partial charge is 0.478 e. The van der Waals surface area contributed by atoms with Crippen molar-refractivity contribution in [1.29, 1.82) is 0 Å². The maximum atomic E-state index is 11.0. The first-order valence-electron chi connectivity index (χ1n) is 9.44. The van der Waals surface area contributed by atoms with Gasteiger partial charge in [-0.3, -0.25) is 0 Å². The van der Waals surface area contributed by atoms with E-state index in [0.717, 1.165) is 5.56 Å². The number of benzene rings is 3. The third kappa shape index (κ3) is 3.86. The van der Waals surface area contributed by atoms with E-state index in [1.807, 2.05) is 24.3 Å². The molecular formula is C23H13ClN4O4. The van der Waals surface area contributed by atoms with E-state index in [1.165, 1.54) is 12.1 Å². The fourth-order valence-corrected chi connectivity index (χ4v) is 3.17. The van der Waals surface area contributed by atoms with Crippen LogP contribution in [0.2, 0.25) is 5.02 Å². The van der Waals surface area contributed by atoms with Gasteiger partial charge >= 0.3 is 5.97 Å². The lowest BCUT2D eigenvalue weighted by Crippen LogP contribution is -1.94. The van der Waals surface area contributed by atoms with Crippen LogP contribution < -0.4 is 0 Å². The highest BCUT2D eigenvalue weighted by Crippen LogP contribution is 2.29. The van der Waals surface area contributed by atoms with Crippen molar-refractivity contribution >= 4 is 17.6 Å². The van der Waals surface area contributed by atoms with Crippen LogP contribution in [0, 0.1) is 0 Å². The summed E-state index contributed by atoms with van der Waals surface area (Å²) in [4.78, 5) is 11.0. The zero-order valence-electron chi connectivity index (χ0n) is 16.3. The maximum Gasteiger partial charge on any atom is 0.335 e. The number of carboxylic acid groups (broad SMARTS) is 1. The molecule has 0 amide bonds. The summed E-state index contributed by atoms with van der Waals surface area (Å²) in [5, 5.41) is 26.0. The molecule has 0 aliphatic heterocycles. The highest BCUT2D eigenvalue weighted by atomic mass is 35.5. The molecule has 32 heavy (non-hydrogen) atoms. The Hall–Kier alpha value is -4.30. The molecular weight excluding hydrogens is 432 g/mol.